The SMILES string of the molecule is CC(C)CN(CC(F)(F)F)C(=O)CN1CCC(C)(CN)C1.Cl. The van der Waals surface area contributed by atoms with Crippen molar-refractivity contribution in [1.82, 2.24) is 9.80 Å². The van der Waals surface area contributed by atoms with Gasteiger partial charge in [0.05, 0.1) is 6.54 Å². The van der Waals surface area contributed by atoms with E-state index < -0.39 is 18.6 Å². The molecule has 0 bridgehead atoms. The lowest BCUT2D eigenvalue weighted by Gasteiger charge is -2.28. The fourth-order valence-corrected chi connectivity index (χ4v) is 2.63. The van der Waals surface area contributed by atoms with Crippen molar-refractivity contribution in [2.24, 2.45) is 17.1 Å². The second kappa shape index (κ2) is 8.36. The van der Waals surface area contributed by atoms with E-state index in [1.807, 2.05) is 11.8 Å². The molecule has 0 spiro atoms. The molecule has 0 aromatic carbocycles. The van der Waals surface area contributed by atoms with Crippen LogP contribution in [0.25, 0.3) is 0 Å². The van der Waals surface area contributed by atoms with Gasteiger partial charge in [0.2, 0.25) is 5.91 Å². The highest BCUT2D eigenvalue weighted by molar-refractivity contribution is 5.85. The van der Waals surface area contributed by atoms with Crippen LogP contribution in [0.5, 0.6) is 0 Å². The summed E-state index contributed by atoms with van der Waals surface area (Å²) in [5.74, 6) is -0.452. The van der Waals surface area contributed by atoms with Gasteiger partial charge in [-0.25, -0.2) is 0 Å². The van der Waals surface area contributed by atoms with Crippen LogP contribution in [-0.2, 0) is 4.79 Å². The number of carbonyl (C=O) groups excluding carboxylic acids is 1. The summed E-state index contributed by atoms with van der Waals surface area (Å²) in [6.07, 6.45) is -3.48. The molecule has 132 valence electrons. The molecule has 0 aromatic heterocycles. The fraction of sp³-hybridized carbons (Fsp3) is 0.929. The molecule has 0 radical (unpaired) electrons. The van der Waals surface area contributed by atoms with Crippen molar-refractivity contribution in [3.8, 4) is 0 Å². The molecule has 1 saturated heterocycles. The van der Waals surface area contributed by atoms with Gasteiger partial charge >= 0.3 is 6.18 Å². The van der Waals surface area contributed by atoms with Gasteiger partial charge in [0.15, 0.2) is 0 Å². The number of hydrogen-bond donors (Lipinski definition) is 1. The van der Waals surface area contributed by atoms with Gasteiger partial charge in [0.25, 0.3) is 0 Å². The second-order valence-electron chi connectivity index (χ2n) is 6.76. The zero-order valence-corrected chi connectivity index (χ0v) is 14.3. The lowest BCUT2D eigenvalue weighted by atomic mass is 9.90. The quantitative estimate of drug-likeness (QED) is 0.802. The summed E-state index contributed by atoms with van der Waals surface area (Å²) in [4.78, 5) is 15.0. The first-order valence-electron chi connectivity index (χ1n) is 7.31. The third-order valence-corrected chi connectivity index (χ3v) is 3.80. The lowest BCUT2D eigenvalue weighted by Crippen LogP contribution is -2.46. The molecule has 0 aromatic rings. The molecule has 2 N–H and O–H groups in total. The van der Waals surface area contributed by atoms with Gasteiger partial charge in [-0.15, -0.1) is 12.4 Å². The minimum Gasteiger partial charge on any atom is -0.332 e. The average molecular weight is 346 g/mol. The van der Waals surface area contributed by atoms with Gasteiger partial charge in [0, 0.05) is 13.1 Å². The third-order valence-electron chi connectivity index (χ3n) is 3.80. The number of likely N-dealkylation sites (tertiary alicyclic amines) is 1. The maximum absolute atomic E-state index is 12.6. The van der Waals surface area contributed by atoms with E-state index in [0.29, 0.717) is 19.6 Å². The Bertz CT molecular complexity index is 366. The molecule has 4 nitrogen and oxygen atoms in total. The van der Waals surface area contributed by atoms with E-state index >= 15 is 0 Å². The highest BCUT2D eigenvalue weighted by Crippen LogP contribution is 2.28. The van der Waals surface area contributed by atoms with E-state index in [1.165, 1.54) is 0 Å². The second-order valence-corrected chi connectivity index (χ2v) is 6.76. The van der Waals surface area contributed by atoms with Gasteiger partial charge in [0.1, 0.15) is 6.54 Å². The van der Waals surface area contributed by atoms with E-state index in [0.717, 1.165) is 11.3 Å². The van der Waals surface area contributed by atoms with Crippen molar-refractivity contribution in [3.05, 3.63) is 0 Å². The Morgan fingerprint density at radius 2 is 2.00 bits per heavy atom. The first-order valence-corrected chi connectivity index (χ1v) is 7.31. The van der Waals surface area contributed by atoms with Gasteiger partial charge < -0.3 is 10.6 Å². The van der Waals surface area contributed by atoms with Crippen LogP contribution in [0.3, 0.4) is 0 Å². The van der Waals surface area contributed by atoms with Gasteiger partial charge in [-0.05, 0) is 30.8 Å². The van der Waals surface area contributed by atoms with E-state index in [1.54, 1.807) is 13.8 Å². The van der Waals surface area contributed by atoms with Crippen LogP contribution in [0.4, 0.5) is 13.2 Å². The van der Waals surface area contributed by atoms with E-state index in [-0.39, 0.29) is 36.8 Å². The predicted octanol–water partition coefficient (Wildman–Crippen LogP) is 2.13. The summed E-state index contributed by atoms with van der Waals surface area (Å²) in [6.45, 7) is 6.54. The Kier molecular flexibility index (Phi) is 8.16. The zero-order chi connectivity index (χ0) is 16.3. The molecular formula is C14H27ClF3N3O. The van der Waals surface area contributed by atoms with Crippen molar-refractivity contribution in [3.63, 3.8) is 0 Å². The Morgan fingerprint density at radius 1 is 1.41 bits per heavy atom. The number of hydrogen-bond acceptors (Lipinski definition) is 3. The summed E-state index contributed by atoms with van der Waals surface area (Å²) in [5, 5.41) is 0. The number of rotatable bonds is 6. The lowest BCUT2D eigenvalue weighted by molar-refractivity contribution is -0.162. The molecule has 1 aliphatic rings. The summed E-state index contributed by atoms with van der Waals surface area (Å²) < 4.78 is 37.8. The zero-order valence-electron chi connectivity index (χ0n) is 13.4. The van der Waals surface area contributed by atoms with Crippen molar-refractivity contribution in [1.29, 1.82) is 0 Å². The molecule has 1 aliphatic heterocycles. The number of nitrogens with two attached hydrogens (primary N) is 1. The Morgan fingerprint density at radius 3 is 2.41 bits per heavy atom. The summed E-state index contributed by atoms with van der Waals surface area (Å²) in [7, 11) is 0. The minimum absolute atomic E-state index is 0. The average Bonchev–Trinajstić information content (AvgIpc) is 2.68. The van der Waals surface area contributed by atoms with Crippen LogP contribution in [0.1, 0.15) is 27.2 Å². The topological polar surface area (TPSA) is 49.6 Å². The van der Waals surface area contributed by atoms with Crippen LogP contribution in [0.15, 0.2) is 0 Å². The molecule has 8 heteroatoms. The third kappa shape index (κ3) is 7.15. The molecule has 1 unspecified atom stereocenters. The molecule has 1 atom stereocenters. The van der Waals surface area contributed by atoms with E-state index in [9.17, 15) is 18.0 Å². The molecule has 1 fully saturated rings. The molecule has 0 saturated carbocycles. The summed E-state index contributed by atoms with van der Waals surface area (Å²) in [6, 6.07) is 0. The van der Waals surface area contributed by atoms with Crippen molar-refractivity contribution >= 4 is 18.3 Å². The smallest absolute Gasteiger partial charge is 0.332 e. The molecular weight excluding hydrogens is 319 g/mol. The largest absolute Gasteiger partial charge is 0.406 e. The molecule has 1 heterocycles. The van der Waals surface area contributed by atoms with Crippen molar-refractivity contribution in [2.45, 2.75) is 33.4 Å². The Hall–Kier alpha value is -0.530. The minimum atomic E-state index is -4.36. The van der Waals surface area contributed by atoms with Crippen LogP contribution >= 0.6 is 12.4 Å². The Labute approximate surface area is 136 Å². The van der Waals surface area contributed by atoms with Crippen LogP contribution in [-0.4, -0.2) is 61.2 Å². The molecule has 1 amide bonds. The number of carbonyl (C=O) groups is 1. The van der Waals surface area contributed by atoms with Gasteiger partial charge in [-0.2, -0.15) is 13.2 Å². The number of nitrogens with zero attached hydrogens (tertiary/aromatic N) is 2. The fourth-order valence-electron chi connectivity index (χ4n) is 2.63. The molecule has 22 heavy (non-hydrogen) atoms. The first kappa shape index (κ1) is 21.5. The maximum Gasteiger partial charge on any atom is 0.406 e. The highest BCUT2D eigenvalue weighted by atomic mass is 35.5. The summed E-state index contributed by atoms with van der Waals surface area (Å²) in [5.41, 5.74) is 5.66. The van der Waals surface area contributed by atoms with Gasteiger partial charge in [-0.1, -0.05) is 20.8 Å². The van der Waals surface area contributed by atoms with Crippen molar-refractivity contribution < 1.29 is 18.0 Å². The molecule has 0 aliphatic carbocycles. The maximum atomic E-state index is 12.6. The summed E-state index contributed by atoms with van der Waals surface area (Å²) >= 11 is 0. The molecule has 1 rings (SSSR count). The Balaban J connectivity index is 0.00000441. The predicted molar refractivity (Wildman–Crippen MR) is 82.9 cm³/mol. The number of halogens is 4. The first-order chi connectivity index (χ1) is 9.54. The van der Waals surface area contributed by atoms with Crippen LogP contribution in [0.2, 0.25) is 0 Å². The number of alkyl halides is 3. The number of amides is 1. The van der Waals surface area contributed by atoms with Crippen molar-refractivity contribution in [2.75, 3.05) is 39.3 Å². The monoisotopic (exact) mass is 345 g/mol. The van der Waals surface area contributed by atoms with Crippen LogP contribution in [0, 0.1) is 11.3 Å². The van der Waals surface area contributed by atoms with Crippen LogP contribution < -0.4 is 5.73 Å². The van der Waals surface area contributed by atoms with Gasteiger partial charge in [-0.3, -0.25) is 9.69 Å². The van der Waals surface area contributed by atoms with E-state index in [2.05, 4.69) is 0 Å². The highest BCUT2D eigenvalue weighted by Gasteiger charge is 2.36. The standard InChI is InChI=1S/C14H26F3N3O.ClH/c1-11(2)6-20(10-14(15,16)17)12(21)7-19-5-4-13(3,8-18)9-19;/h11H,4-10,18H2,1-3H3;1H. The normalized spacial score (nSPS) is 22.7. The van der Waals surface area contributed by atoms with E-state index in [4.69, 9.17) is 5.73 Å².